The Hall–Kier alpha value is -0.200. The molecule has 16 heavy (non-hydrogen) atoms. The Morgan fingerprint density at radius 2 is 2.12 bits per heavy atom. The van der Waals surface area contributed by atoms with Crippen LogP contribution < -0.4 is 0 Å². The summed E-state index contributed by atoms with van der Waals surface area (Å²) >= 11 is 0. The largest absolute Gasteiger partial charge is 0.388 e. The molecule has 1 rings (SSSR count). The molecule has 0 aromatic heterocycles. The summed E-state index contributed by atoms with van der Waals surface area (Å²) < 4.78 is 10.4. The van der Waals surface area contributed by atoms with Gasteiger partial charge < -0.3 is 24.8 Å². The minimum absolute atomic E-state index is 0.0682. The van der Waals surface area contributed by atoms with E-state index in [9.17, 15) is 15.3 Å². The van der Waals surface area contributed by atoms with Gasteiger partial charge in [-0.05, 0) is 6.42 Å². The molecular weight excluding hydrogens is 212 g/mol. The van der Waals surface area contributed by atoms with E-state index in [-0.39, 0.29) is 13.2 Å². The van der Waals surface area contributed by atoms with Crippen LogP contribution in [0.2, 0.25) is 0 Å². The van der Waals surface area contributed by atoms with Crippen LogP contribution in [0.25, 0.3) is 0 Å². The zero-order valence-corrected chi connectivity index (χ0v) is 9.71. The van der Waals surface area contributed by atoms with E-state index in [1.165, 1.54) is 0 Å². The molecule has 0 aliphatic carbocycles. The maximum atomic E-state index is 9.67. The maximum Gasteiger partial charge on any atom is 0.114 e. The van der Waals surface area contributed by atoms with E-state index in [2.05, 4.69) is 6.92 Å². The third kappa shape index (κ3) is 3.99. The van der Waals surface area contributed by atoms with Crippen LogP contribution in [0.3, 0.4) is 0 Å². The first-order valence-corrected chi connectivity index (χ1v) is 5.90. The fourth-order valence-electron chi connectivity index (χ4n) is 1.72. The van der Waals surface area contributed by atoms with Crippen molar-refractivity contribution < 1.29 is 24.8 Å². The molecule has 96 valence electrons. The molecule has 1 aliphatic rings. The van der Waals surface area contributed by atoms with Gasteiger partial charge in [0.05, 0.1) is 13.2 Å². The van der Waals surface area contributed by atoms with Gasteiger partial charge in [0, 0.05) is 6.61 Å². The Morgan fingerprint density at radius 3 is 2.69 bits per heavy atom. The van der Waals surface area contributed by atoms with Gasteiger partial charge in [0.15, 0.2) is 0 Å². The van der Waals surface area contributed by atoms with Gasteiger partial charge in [0.2, 0.25) is 0 Å². The summed E-state index contributed by atoms with van der Waals surface area (Å²) in [5.74, 6) is 0. The van der Waals surface area contributed by atoms with Crippen LogP contribution in [0.4, 0.5) is 0 Å². The van der Waals surface area contributed by atoms with Crippen LogP contribution in [0, 0.1) is 0 Å². The number of hydrogen-bond acceptors (Lipinski definition) is 5. The van der Waals surface area contributed by atoms with Crippen molar-refractivity contribution in [3.8, 4) is 0 Å². The van der Waals surface area contributed by atoms with Gasteiger partial charge in [-0.3, -0.25) is 0 Å². The summed E-state index contributed by atoms with van der Waals surface area (Å²) in [5, 5.41) is 28.4. The van der Waals surface area contributed by atoms with Gasteiger partial charge in [0.25, 0.3) is 0 Å². The van der Waals surface area contributed by atoms with Crippen molar-refractivity contribution in [3.63, 3.8) is 0 Å². The first kappa shape index (κ1) is 13.9. The lowest BCUT2D eigenvalue weighted by Gasteiger charge is -2.20. The van der Waals surface area contributed by atoms with Crippen LogP contribution in [-0.4, -0.2) is 59.6 Å². The summed E-state index contributed by atoms with van der Waals surface area (Å²) in [6.07, 6.45) is -0.330. The zero-order valence-electron chi connectivity index (χ0n) is 9.71. The van der Waals surface area contributed by atoms with Gasteiger partial charge in [0.1, 0.15) is 24.4 Å². The average Bonchev–Trinajstić information content (AvgIpc) is 2.59. The van der Waals surface area contributed by atoms with Gasteiger partial charge in [-0.15, -0.1) is 0 Å². The van der Waals surface area contributed by atoms with Gasteiger partial charge in [-0.25, -0.2) is 0 Å². The number of unbranched alkanes of at least 4 members (excludes halogenated alkanes) is 2. The van der Waals surface area contributed by atoms with E-state index in [4.69, 9.17) is 9.47 Å². The second-order valence-corrected chi connectivity index (χ2v) is 4.21. The summed E-state index contributed by atoms with van der Waals surface area (Å²) in [4.78, 5) is 0. The Labute approximate surface area is 96.0 Å². The smallest absolute Gasteiger partial charge is 0.114 e. The molecular formula is C11H22O5. The fourth-order valence-corrected chi connectivity index (χ4v) is 1.72. The molecule has 0 radical (unpaired) electrons. The molecule has 4 atom stereocenters. The highest BCUT2D eigenvalue weighted by Gasteiger charge is 2.39. The normalized spacial score (nSPS) is 31.9. The summed E-state index contributed by atoms with van der Waals surface area (Å²) in [7, 11) is 0. The van der Waals surface area contributed by atoms with E-state index in [1.54, 1.807) is 0 Å². The third-order valence-corrected chi connectivity index (χ3v) is 2.75. The summed E-state index contributed by atoms with van der Waals surface area (Å²) in [6.45, 7) is 2.92. The maximum absolute atomic E-state index is 9.67. The minimum Gasteiger partial charge on any atom is -0.388 e. The monoisotopic (exact) mass is 234 g/mol. The molecule has 1 aliphatic heterocycles. The predicted octanol–water partition coefficient (Wildman–Crippen LogP) is -0.325. The van der Waals surface area contributed by atoms with E-state index < -0.39 is 24.4 Å². The van der Waals surface area contributed by atoms with Gasteiger partial charge in [-0.2, -0.15) is 0 Å². The highest BCUT2D eigenvalue weighted by molar-refractivity contribution is 4.87. The van der Waals surface area contributed by atoms with Crippen molar-refractivity contribution in [2.45, 2.75) is 50.6 Å². The Kier molecular flexibility index (Phi) is 6.23. The lowest BCUT2D eigenvalue weighted by molar-refractivity contribution is -0.0813. The number of aliphatic hydroxyl groups excluding tert-OH is 3. The minimum atomic E-state index is -1.02. The SMILES string of the molecule is CCCCCOCC(O)[C@H]1OCC(O)[C@@H]1O. The summed E-state index contributed by atoms with van der Waals surface area (Å²) in [5.41, 5.74) is 0. The van der Waals surface area contributed by atoms with E-state index in [0.717, 1.165) is 19.3 Å². The van der Waals surface area contributed by atoms with Crippen molar-refractivity contribution in [1.29, 1.82) is 0 Å². The van der Waals surface area contributed by atoms with Crippen molar-refractivity contribution >= 4 is 0 Å². The van der Waals surface area contributed by atoms with E-state index in [1.807, 2.05) is 0 Å². The van der Waals surface area contributed by atoms with E-state index >= 15 is 0 Å². The second kappa shape index (κ2) is 7.19. The molecule has 0 spiro atoms. The zero-order chi connectivity index (χ0) is 12.0. The topological polar surface area (TPSA) is 79.2 Å². The number of rotatable bonds is 7. The average molecular weight is 234 g/mol. The second-order valence-electron chi connectivity index (χ2n) is 4.21. The standard InChI is InChI=1S/C11H22O5/c1-2-3-4-5-15-6-9(13)11-10(14)8(12)7-16-11/h8-14H,2-7H2,1H3/t8?,9?,10-,11+/m0/s1. The molecule has 3 N–H and O–H groups in total. The first-order valence-electron chi connectivity index (χ1n) is 5.90. The van der Waals surface area contributed by atoms with Gasteiger partial charge >= 0.3 is 0 Å². The molecule has 0 amide bonds. The molecule has 0 aromatic carbocycles. The highest BCUT2D eigenvalue weighted by Crippen LogP contribution is 2.17. The lowest BCUT2D eigenvalue weighted by atomic mass is 10.1. The fraction of sp³-hybridized carbons (Fsp3) is 1.00. The van der Waals surface area contributed by atoms with Crippen molar-refractivity contribution in [2.24, 2.45) is 0 Å². The van der Waals surface area contributed by atoms with Crippen molar-refractivity contribution in [2.75, 3.05) is 19.8 Å². The van der Waals surface area contributed by atoms with Crippen LogP contribution >= 0.6 is 0 Å². The Morgan fingerprint density at radius 1 is 1.38 bits per heavy atom. The molecule has 5 heteroatoms. The van der Waals surface area contributed by atoms with Crippen LogP contribution in [0.15, 0.2) is 0 Å². The third-order valence-electron chi connectivity index (χ3n) is 2.75. The quantitative estimate of drug-likeness (QED) is 0.526. The Balaban J connectivity index is 2.12. The number of ether oxygens (including phenoxy) is 2. The molecule has 2 unspecified atom stereocenters. The molecule has 1 saturated heterocycles. The van der Waals surface area contributed by atoms with Crippen molar-refractivity contribution in [1.82, 2.24) is 0 Å². The number of hydrogen-bond donors (Lipinski definition) is 3. The molecule has 1 fully saturated rings. The molecule has 0 saturated carbocycles. The summed E-state index contributed by atoms with van der Waals surface area (Å²) in [6, 6.07) is 0. The van der Waals surface area contributed by atoms with Crippen LogP contribution in [0.1, 0.15) is 26.2 Å². The molecule has 0 aromatic rings. The van der Waals surface area contributed by atoms with Crippen molar-refractivity contribution in [3.05, 3.63) is 0 Å². The molecule has 0 bridgehead atoms. The highest BCUT2D eigenvalue weighted by atomic mass is 16.5. The Bertz CT molecular complexity index is 187. The van der Waals surface area contributed by atoms with E-state index in [0.29, 0.717) is 6.61 Å². The van der Waals surface area contributed by atoms with Crippen LogP contribution in [-0.2, 0) is 9.47 Å². The van der Waals surface area contributed by atoms with Gasteiger partial charge in [-0.1, -0.05) is 19.8 Å². The first-order chi connectivity index (χ1) is 7.66. The number of aliphatic hydroxyl groups is 3. The molecule has 5 nitrogen and oxygen atoms in total. The lowest BCUT2D eigenvalue weighted by Crippen LogP contribution is -2.40. The molecule has 1 heterocycles. The van der Waals surface area contributed by atoms with Crippen LogP contribution in [0.5, 0.6) is 0 Å². The predicted molar refractivity (Wildman–Crippen MR) is 58.1 cm³/mol.